The summed E-state index contributed by atoms with van der Waals surface area (Å²) in [5.41, 5.74) is 2.12. The molecule has 0 radical (unpaired) electrons. The van der Waals surface area contributed by atoms with E-state index in [1.165, 1.54) is 7.11 Å². The quantitative estimate of drug-likeness (QED) is 0.695. The number of fused-ring (bicyclic) bond motifs is 1. The first-order valence-corrected chi connectivity index (χ1v) is 6.73. The molecule has 22 heavy (non-hydrogen) atoms. The molecule has 1 aromatic heterocycles. The maximum Gasteiger partial charge on any atom is 0.363 e. The maximum atomic E-state index is 12.0. The van der Waals surface area contributed by atoms with E-state index in [-0.39, 0.29) is 18.1 Å². The van der Waals surface area contributed by atoms with Crippen LogP contribution in [0.4, 0.5) is 0 Å². The van der Waals surface area contributed by atoms with Gasteiger partial charge < -0.3 is 9.15 Å². The van der Waals surface area contributed by atoms with Crippen LogP contribution in [0, 0.1) is 0 Å². The number of rotatable bonds is 3. The van der Waals surface area contributed by atoms with Crippen LogP contribution < -0.4 is 5.63 Å². The highest BCUT2D eigenvalue weighted by Gasteiger charge is 2.11. The van der Waals surface area contributed by atoms with Gasteiger partial charge in [0.15, 0.2) is 11.3 Å². The number of hydrogen-bond donors (Lipinski definition) is 0. The molecule has 110 valence electrons. The van der Waals surface area contributed by atoms with Gasteiger partial charge in [0.1, 0.15) is 5.52 Å². The Morgan fingerprint density at radius 3 is 2.68 bits per heavy atom. The number of hydrogen-bond acceptors (Lipinski definition) is 5. The van der Waals surface area contributed by atoms with E-state index in [9.17, 15) is 9.59 Å². The van der Waals surface area contributed by atoms with Crippen molar-refractivity contribution in [1.29, 1.82) is 0 Å². The lowest BCUT2D eigenvalue weighted by molar-refractivity contribution is -0.139. The lowest BCUT2D eigenvalue weighted by Crippen LogP contribution is -2.07. The smallest absolute Gasteiger partial charge is 0.363 e. The van der Waals surface area contributed by atoms with Gasteiger partial charge in [0.25, 0.3) is 0 Å². The van der Waals surface area contributed by atoms with Crippen LogP contribution in [0.25, 0.3) is 22.4 Å². The first-order valence-electron chi connectivity index (χ1n) is 6.73. The standard InChI is InChI=1S/C17H13NO4/c1-21-15(19)10-11-7-8-14-13(9-11)18-16(17(20)22-14)12-5-3-2-4-6-12/h2-9H,10H2,1H3. The minimum atomic E-state index is -0.487. The molecule has 0 spiro atoms. The molecule has 5 nitrogen and oxygen atoms in total. The van der Waals surface area contributed by atoms with Gasteiger partial charge in [0, 0.05) is 5.56 Å². The number of carbonyl (C=O) groups excluding carboxylic acids is 1. The third kappa shape index (κ3) is 2.74. The van der Waals surface area contributed by atoms with Crippen molar-refractivity contribution in [3.8, 4) is 11.3 Å². The summed E-state index contributed by atoms with van der Waals surface area (Å²) in [6, 6.07) is 14.2. The monoisotopic (exact) mass is 295 g/mol. The predicted octanol–water partition coefficient (Wildman–Crippen LogP) is 2.57. The van der Waals surface area contributed by atoms with Crippen molar-refractivity contribution < 1.29 is 13.9 Å². The third-order valence-electron chi connectivity index (χ3n) is 3.27. The maximum absolute atomic E-state index is 12.0. The Morgan fingerprint density at radius 1 is 1.18 bits per heavy atom. The zero-order valence-electron chi connectivity index (χ0n) is 11.9. The van der Waals surface area contributed by atoms with E-state index >= 15 is 0 Å². The fraction of sp³-hybridized carbons (Fsp3) is 0.118. The first-order chi connectivity index (χ1) is 10.7. The molecule has 5 heteroatoms. The van der Waals surface area contributed by atoms with E-state index in [1.54, 1.807) is 30.3 Å². The van der Waals surface area contributed by atoms with Gasteiger partial charge in [-0.2, -0.15) is 0 Å². The number of aromatic nitrogens is 1. The van der Waals surface area contributed by atoms with Crippen LogP contribution in [0.15, 0.2) is 57.7 Å². The summed E-state index contributed by atoms with van der Waals surface area (Å²) in [4.78, 5) is 27.8. The fourth-order valence-corrected chi connectivity index (χ4v) is 2.18. The highest BCUT2D eigenvalue weighted by atomic mass is 16.5. The van der Waals surface area contributed by atoms with E-state index in [0.717, 1.165) is 5.56 Å². The minimum absolute atomic E-state index is 0.147. The molecule has 3 rings (SSSR count). The molecule has 0 N–H and O–H groups in total. The average molecular weight is 295 g/mol. The Bertz CT molecular complexity index is 884. The molecule has 0 saturated carbocycles. The normalized spacial score (nSPS) is 10.6. The largest absolute Gasteiger partial charge is 0.469 e. The number of carbonyl (C=O) groups is 1. The Morgan fingerprint density at radius 2 is 1.95 bits per heavy atom. The molecule has 0 fully saturated rings. The van der Waals surface area contributed by atoms with E-state index in [2.05, 4.69) is 9.72 Å². The van der Waals surface area contributed by atoms with Crippen molar-refractivity contribution in [3.05, 3.63) is 64.5 Å². The average Bonchev–Trinajstić information content (AvgIpc) is 2.55. The topological polar surface area (TPSA) is 69.4 Å². The minimum Gasteiger partial charge on any atom is -0.469 e. The highest BCUT2D eigenvalue weighted by molar-refractivity contribution is 5.78. The Balaban J connectivity index is 2.10. The zero-order chi connectivity index (χ0) is 15.5. The molecule has 0 aliphatic heterocycles. The van der Waals surface area contributed by atoms with Gasteiger partial charge in [-0.15, -0.1) is 0 Å². The molecule has 0 saturated heterocycles. The number of esters is 1. The Kier molecular flexibility index (Phi) is 3.70. The number of benzene rings is 2. The van der Waals surface area contributed by atoms with Crippen molar-refractivity contribution in [2.45, 2.75) is 6.42 Å². The van der Waals surface area contributed by atoms with Gasteiger partial charge in [-0.05, 0) is 17.7 Å². The molecule has 1 heterocycles. The van der Waals surface area contributed by atoms with Crippen molar-refractivity contribution in [2.24, 2.45) is 0 Å². The third-order valence-corrected chi connectivity index (χ3v) is 3.27. The van der Waals surface area contributed by atoms with Crippen LogP contribution in [-0.4, -0.2) is 18.1 Å². The predicted molar refractivity (Wildman–Crippen MR) is 81.4 cm³/mol. The molecule has 0 bridgehead atoms. The second-order valence-corrected chi connectivity index (χ2v) is 4.77. The van der Waals surface area contributed by atoms with Gasteiger partial charge in [-0.3, -0.25) is 4.79 Å². The summed E-state index contributed by atoms with van der Waals surface area (Å²) >= 11 is 0. The van der Waals surface area contributed by atoms with Crippen LogP contribution in [-0.2, 0) is 16.0 Å². The highest BCUT2D eigenvalue weighted by Crippen LogP contribution is 2.18. The summed E-state index contributed by atoms with van der Waals surface area (Å²) in [6.07, 6.45) is 0.147. The van der Waals surface area contributed by atoms with Crippen LogP contribution in [0.1, 0.15) is 5.56 Å². The van der Waals surface area contributed by atoms with E-state index < -0.39 is 5.63 Å². The van der Waals surface area contributed by atoms with Gasteiger partial charge in [0.05, 0.1) is 13.5 Å². The van der Waals surface area contributed by atoms with Crippen LogP contribution in [0.3, 0.4) is 0 Å². The van der Waals surface area contributed by atoms with Gasteiger partial charge >= 0.3 is 11.6 Å². The summed E-state index contributed by atoms with van der Waals surface area (Å²) in [5.74, 6) is -0.333. The number of methoxy groups -OCH3 is 1. The van der Waals surface area contributed by atoms with Crippen molar-refractivity contribution in [2.75, 3.05) is 7.11 Å². The molecule has 3 aromatic rings. The molecule has 0 aliphatic rings. The Hall–Kier alpha value is -2.95. The molecule has 0 atom stereocenters. The summed E-state index contributed by atoms with van der Waals surface area (Å²) < 4.78 is 9.94. The first kappa shape index (κ1) is 14.0. The second kappa shape index (κ2) is 5.81. The summed E-state index contributed by atoms with van der Waals surface area (Å²) in [7, 11) is 1.34. The van der Waals surface area contributed by atoms with Crippen LogP contribution >= 0.6 is 0 Å². The van der Waals surface area contributed by atoms with Crippen molar-refractivity contribution >= 4 is 17.1 Å². The second-order valence-electron chi connectivity index (χ2n) is 4.77. The lowest BCUT2D eigenvalue weighted by Gasteiger charge is -2.04. The molecular formula is C17H13NO4. The van der Waals surface area contributed by atoms with E-state index in [1.807, 2.05) is 18.2 Å². The number of ether oxygens (including phenoxy) is 1. The van der Waals surface area contributed by atoms with Gasteiger partial charge in [0.2, 0.25) is 0 Å². The molecule has 0 unspecified atom stereocenters. The fourth-order valence-electron chi connectivity index (χ4n) is 2.18. The number of nitrogens with zero attached hydrogens (tertiary/aromatic N) is 1. The van der Waals surface area contributed by atoms with Crippen LogP contribution in [0.5, 0.6) is 0 Å². The summed E-state index contributed by atoms with van der Waals surface area (Å²) in [6.45, 7) is 0. The molecule has 0 aliphatic carbocycles. The Labute approximate surface area is 126 Å². The summed E-state index contributed by atoms with van der Waals surface area (Å²) in [5, 5.41) is 0. The zero-order valence-corrected chi connectivity index (χ0v) is 11.9. The van der Waals surface area contributed by atoms with Crippen LogP contribution in [0.2, 0.25) is 0 Å². The SMILES string of the molecule is COC(=O)Cc1ccc2oc(=O)c(-c3ccccc3)nc2c1. The van der Waals surface area contributed by atoms with Gasteiger partial charge in [-0.1, -0.05) is 36.4 Å². The van der Waals surface area contributed by atoms with E-state index in [4.69, 9.17) is 4.42 Å². The van der Waals surface area contributed by atoms with Gasteiger partial charge in [-0.25, -0.2) is 9.78 Å². The molecular weight excluding hydrogens is 282 g/mol. The van der Waals surface area contributed by atoms with Crippen molar-refractivity contribution in [3.63, 3.8) is 0 Å². The molecule has 0 amide bonds. The molecule has 2 aromatic carbocycles. The lowest BCUT2D eigenvalue weighted by atomic mass is 10.1. The van der Waals surface area contributed by atoms with E-state index in [0.29, 0.717) is 16.7 Å². The van der Waals surface area contributed by atoms with Crippen molar-refractivity contribution in [1.82, 2.24) is 4.98 Å².